The number of benzene rings is 2. The highest BCUT2D eigenvalue weighted by Gasteiger charge is 2.11. The van der Waals surface area contributed by atoms with E-state index in [4.69, 9.17) is 15.5 Å². The molecule has 0 radical (unpaired) electrons. The zero-order chi connectivity index (χ0) is 13.4. The third-order valence-corrected chi connectivity index (χ3v) is 4.17. The van der Waals surface area contributed by atoms with Crippen molar-refractivity contribution in [2.45, 2.75) is 6.92 Å². The molecule has 0 aliphatic heterocycles. The van der Waals surface area contributed by atoms with Crippen LogP contribution >= 0.6 is 11.3 Å². The van der Waals surface area contributed by atoms with Crippen LogP contribution in [-0.2, 0) is 0 Å². The Morgan fingerprint density at radius 1 is 1.21 bits per heavy atom. The van der Waals surface area contributed by atoms with Gasteiger partial charge in [0.05, 0.1) is 17.3 Å². The highest BCUT2D eigenvalue weighted by molar-refractivity contribution is 7.21. The van der Waals surface area contributed by atoms with Crippen LogP contribution in [0.5, 0.6) is 5.75 Å². The summed E-state index contributed by atoms with van der Waals surface area (Å²) in [5, 5.41) is 0.931. The first kappa shape index (κ1) is 12.0. The van der Waals surface area contributed by atoms with Crippen LogP contribution in [0.25, 0.3) is 20.8 Å². The predicted octanol–water partition coefficient (Wildman–Crippen LogP) is 3.86. The van der Waals surface area contributed by atoms with Gasteiger partial charge in [0.15, 0.2) is 0 Å². The Kier molecular flexibility index (Phi) is 2.87. The molecule has 1 aromatic heterocycles. The standard InChI is InChI=1S/C15H14N2OS/c1-9-4-3-5-13-14(9)17-15(19-13)11-8-10(18-2)6-7-12(11)16/h3-8H,16H2,1-2H3. The van der Waals surface area contributed by atoms with E-state index in [1.165, 1.54) is 10.3 Å². The summed E-state index contributed by atoms with van der Waals surface area (Å²) in [5.41, 5.74) is 9.93. The fourth-order valence-corrected chi connectivity index (χ4v) is 3.13. The molecule has 0 unspecified atom stereocenters. The first-order valence-corrected chi connectivity index (χ1v) is 6.81. The van der Waals surface area contributed by atoms with Gasteiger partial charge in [0.1, 0.15) is 10.8 Å². The lowest BCUT2D eigenvalue weighted by molar-refractivity contribution is 0.415. The molecule has 96 valence electrons. The maximum absolute atomic E-state index is 6.05. The summed E-state index contributed by atoms with van der Waals surface area (Å²) >= 11 is 1.65. The summed E-state index contributed by atoms with van der Waals surface area (Å²) < 4.78 is 6.43. The molecular weight excluding hydrogens is 256 g/mol. The molecule has 0 saturated heterocycles. The number of hydrogen-bond acceptors (Lipinski definition) is 4. The van der Waals surface area contributed by atoms with E-state index in [1.54, 1.807) is 18.4 Å². The van der Waals surface area contributed by atoms with Gasteiger partial charge in [-0.25, -0.2) is 4.98 Å². The van der Waals surface area contributed by atoms with Crippen LogP contribution < -0.4 is 10.5 Å². The van der Waals surface area contributed by atoms with Crippen molar-refractivity contribution in [2.75, 3.05) is 12.8 Å². The number of ether oxygens (including phenoxy) is 1. The zero-order valence-corrected chi connectivity index (χ0v) is 11.6. The zero-order valence-electron chi connectivity index (χ0n) is 10.8. The lowest BCUT2D eigenvalue weighted by Gasteiger charge is -2.05. The molecular formula is C15H14N2OS. The van der Waals surface area contributed by atoms with E-state index >= 15 is 0 Å². The number of para-hydroxylation sites is 1. The van der Waals surface area contributed by atoms with Crippen molar-refractivity contribution in [2.24, 2.45) is 0 Å². The normalized spacial score (nSPS) is 10.8. The Morgan fingerprint density at radius 2 is 2.05 bits per heavy atom. The molecule has 19 heavy (non-hydrogen) atoms. The van der Waals surface area contributed by atoms with Crippen LogP contribution in [0.15, 0.2) is 36.4 Å². The fourth-order valence-electron chi connectivity index (χ4n) is 2.05. The second kappa shape index (κ2) is 4.55. The minimum absolute atomic E-state index is 0.720. The first-order chi connectivity index (χ1) is 9.19. The maximum atomic E-state index is 6.05. The van der Waals surface area contributed by atoms with Crippen molar-refractivity contribution in [1.82, 2.24) is 4.98 Å². The number of nitrogen functional groups attached to an aromatic ring is 1. The van der Waals surface area contributed by atoms with Crippen molar-refractivity contribution in [3.63, 3.8) is 0 Å². The van der Waals surface area contributed by atoms with E-state index in [-0.39, 0.29) is 0 Å². The Labute approximate surface area is 115 Å². The largest absolute Gasteiger partial charge is 0.497 e. The third-order valence-electron chi connectivity index (χ3n) is 3.11. The lowest BCUT2D eigenvalue weighted by Crippen LogP contribution is -1.91. The van der Waals surface area contributed by atoms with Crippen molar-refractivity contribution in [3.8, 4) is 16.3 Å². The molecule has 0 saturated carbocycles. The van der Waals surface area contributed by atoms with Gasteiger partial charge in [-0.1, -0.05) is 12.1 Å². The van der Waals surface area contributed by atoms with Crippen LogP contribution in [-0.4, -0.2) is 12.1 Å². The van der Waals surface area contributed by atoms with Gasteiger partial charge in [-0.3, -0.25) is 0 Å². The number of hydrogen-bond donors (Lipinski definition) is 1. The molecule has 0 amide bonds. The number of rotatable bonds is 2. The van der Waals surface area contributed by atoms with Gasteiger partial charge in [-0.05, 0) is 36.8 Å². The van der Waals surface area contributed by atoms with E-state index in [0.717, 1.165) is 27.5 Å². The van der Waals surface area contributed by atoms with E-state index in [9.17, 15) is 0 Å². The van der Waals surface area contributed by atoms with Crippen molar-refractivity contribution in [3.05, 3.63) is 42.0 Å². The minimum atomic E-state index is 0.720. The fraction of sp³-hybridized carbons (Fsp3) is 0.133. The number of nitrogens with zero attached hydrogens (tertiary/aromatic N) is 1. The summed E-state index contributed by atoms with van der Waals surface area (Å²) in [6, 6.07) is 11.8. The van der Waals surface area contributed by atoms with Gasteiger partial charge >= 0.3 is 0 Å². The van der Waals surface area contributed by atoms with E-state index in [2.05, 4.69) is 25.1 Å². The van der Waals surface area contributed by atoms with Gasteiger partial charge in [0.25, 0.3) is 0 Å². The molecule has 0 atom stereocenters. The van der Waals surface area contributed by atoms with Crippen molar-refractivity contribution in [1.29, 1.82) is 0 Å². The molecule has 1 heterocycles. The average Bonchev–Trinajstić information content (AvgIpc) is 2.84. The minimum Gasteiger partial charge on any atom is -0.497 e. The molecule has 0 spiro atoms. The van der Waals surface area contributed by atoms with Gasteiger partial charge in [0, 0.05) is 11.3 Å². The Hall–Kier alpha value is -2.07. The molecule has 2 aromatic carbocycles. The second-order valence-corrected chi connectivity index (χ2v) is 5.42. The number of nitrogens with two attached hydrogens (primary N) is 1. The third kappa shape index (κ3) is 2.04. The number of anilines is 1. The summed E-state index contributed by atoms with van der Waals surface area (Å²) in [6.45, 7) is 2.07. The average molecular weight is 270 g/mol. The molecule has 2 N–H and O–H groups in total. The van der Waals surface area contributed by atoms with E-state index in [0.29, 0.717) is 0 Å². The van der Waals surface area contributed by atoms with Crippen LogP contribution in [0.2, 0.25) is 0 Å². The Morgan fingerprint density at radius 3 is 2.79 bits per heavy atom. The van der Waals surface area contributed by atoms with Gasteiger partial charge < -0.3 is 10.5 Å². The highest BCUT2D eigenvalue weighted by Crippen LogP contribution is 2.36. The first-order valence-electron chi connectivity index (χ1n) is 5.99. The predicted molar refractivity (Wildman–Crippen MR) is 80.8 cm³/mol. The van der Waals surface area contributed by atoms with Gasteiger partial charge in [-0.15, -0.1) is 11.3 Å². The monoisotopic (exact) mass is 270 g/mol. The maximum Gasteiger partial charge on any atom is 0.126 e. The molecule has 3 aromatic rings. The summed E-state index contributed by atoms with van der Waals surface area (Å²) in [7, 11) is 1.65. The summed E-state index contributed by atoms with van der Waals surface area (Å²) in [4.78, 5) is 4.70. The van der Waals surface area contributed by atoms with Crippen molar-refractivity contribution >= 4 is 27.2 Å². The number of thiazole rings is 1. The van der Waals surface area contributed by atoms with E-state index < -0.39 is 0 Å². The Bertz CT molecular complexity index is 749. The molecule has 3 nitrogen and oxygen atoms in total. The quantitative estimate of drug-likeness (QED) is 0.719. The molecule has 0 aliphatic rings. The molecule has 4 heteroatoms. The molecule has 0 bridgehead atoms. The number of aromatic nitrogens is 1. The van der Waals surface area contributed by atoms with Crippen LogP contribution in [0.3, 0.4) is 0 Å². The second-order valence-electron chi connectivity index (χ2n) is 4.39. The number of methoxy groups -OCH3 is 1. The topological polar surface area (TPSA) is 48.1 Å². The highest BCUT2D eigenvalue weighted by atomic mass is 32.1. The van der Waals surface area contributed by atoms with Crippen LogP contribution in [0.4, 0.5) is 5.69 Å². The molecule has 0 fully saturated rings. The van der Waals surface area contributed by atoms with Crippen molar-refractivity contribution < 1.29 is 4.74 Å². The van der Waals surface area contributed by atoms with Gasteiger partial charge in [-0.2, -0.15) is 0 Å². The molecule has 3 rings (SSSR count). The van der Waals surface area contributed by atoms with Gasteiger partial charge in [0.2, 0.25) is 0 Å². The van der Waals surface area contributed by atoms with E-state index in [1.807, 2.05) is 18.2 Å². The smallest absolute Gasteiger partial charge is 0.126 e. The SMILES string of the molecule is COc1ccc(N)c(-c2nc3c(C)cccc3s2)c1. The number of aryl methyl sites for hydroxylation is 1. The molecule has 0 aliphatic carbocycles. The number of fused-ring (bicyclic) bond motifs is 1. The van der Waals surface area contributed by atoms with Crippen LogP contribution in [0, 0.1) is 6.92 Å². The lowest BCUT2D eigenvalue weighted by atomic mass is 10.2. The summed E-state index contributed by atoms with van der Waals surface area (Å²) in [6.07, 6.45) is 0. The Balaban J connectivity index is 2.21. The van der Waals surface area contributed by atoms with Crippen LogP contribution in [0.1, 0.15) is 5.56 Å². The summed E-state index contributed by atoms with van der Waals surface area (Å²) in [5.74, 6) is 0.792.